The van der Waals surface area contributed by atoms with E-state index in [-0.39, 0.29) is 17.8 Å². The van der Waals surface area contributed by atoms with E-state index in [2.05, 4.69) is 23.7 Å². The SMILES string of the molecule is CCN(CC)CCOC(=O)N1CCC(n2c(=O)[nH]c3ccccc32)CC1. The summed E-state index contributed by atoms with van der Waals surface area (Å²) in [5.74, 6) is 0. The number of fused-ring (bicyclic) bond motifs is 1. The van der Waals surface area contributed by atoms with Gasteiger partial charge in [0.2, 0.25) is 0 Å². The highest BCUT2D eigenvalue weighted by atomic mass is 16.6. The van der Waals surface area contributed by atoms with Crippen LogP contribution in [0.3, 0.4) is 0 Å². The first-order valence-corrected chi connectivity index (χ1v) is 9.47. The maximum absolute atomic E-state index is 12.3. The van der Waals surface area contributed by atoms with Gasteiger partial charge >= 0.3 is 11.8 Å². The Morgan fingerprint density at radius 3 is 2.62 bits per heavy atom. The largest absolute Gasteiger partial charge is 0.448 e. The number of aromatic nitrogens is 2. The number of amides is 1. The van der Waals surface area contributed by atoms with E-state index in [1.54, 1.807) is 4.90 Å². The van der Waals surface area contributed by atoms with Gasteiger partial charge in [-0.1, -0.05) is 26.0 Å². The van der Waals surface area contributed by atoms with Crippen LogP contribution in [0.5, 0.6) is 0 Å². The van der Waals surface area contributed by atoms with E-state index < -0.39 is 0 Å². The van der Waals surface area contributed by atoms with Crippen molar-refractivity contribution in [1.29, 1.82) is 0 Å². The molecule has 0 aliphatic carbocycles. The second-order valence-corrected chi connectivity index (χ2v) is 6.68. The van der Waals surface area contributed by atoms with Crippen molar-refractivity contribution >= 4 is 17.1 Å². The third-order valence-corrected chi connectivity index (χ3v) is 5.24. The monoisotopic (exact) mass is 360 g/mol. The van der Waals surface area contributed by atoms with Crippen molar-refractivity contribution in [2.45, 2.75) is 32.7 Å². The molecule has 1 aliphatic heterocycles. The maximum Gasteiger partial charge on any atom is 0.409 e. The molecule has 0 bridgehead atoms. The van der Waals surface area contributed by atoms with Gasteiger partial charge in [-0.15, -0.1) is 0 Å². The first-order chi connectivity index (χ1) is 12.6. The van der Waals surface area contributed by atoms with Crippen LogP contribution in [0.25, 0.3) is 11.0 Å². The van der Waals surface area contributed by atoms with E-state index in [0.717, 1.165) is 43.5 Å². The van der Waals surface area contributed by atoms with Gasteiger partial charge in [0.25, 0.3) is 0 Å². The lowest BCUT2D eigenvalue weighted by molar-refractivity contribution is 0.0800. The highest BCUT2D eigenvalue weighted by molar-refractivity contribution is 5.75. The lowest BCUT2D eigenvalue weighted by Gasteiger charge is -2.32. The number of hydrogen-bond acceptors (Lipinski definition) is 4. The minimum absolute atomic E-state index is 0.0774. The molecule has 26 heavy (non-hydrogen) atoms. The number of ether oxygens (including phenoxy) is 1. The third-order valence-electron chi connectivity index (χ3n) is 5.24. The van der Waals surface area contributed by atoms with Gasteiger partial charge < -0.3 is 19.5 Å². The van der Waals surface area contributed by atoms with Gasteiger partial charge in [0.15, 0.2) is 0 Å². The predicted octanol–water partition coefficient (Wildman–Crippen LogP) is 2.44. The number of carbonyl (C=O) groups excluding carboxylic acids is 1. The van der Waals surface area contributed by atoms with E-state index in [4.69, 9.17) is 4.74 Å². The highest BCUT2D eigenvalue weighted by Gasteiger charge is 2.26. The average Bonchev–Trinajstić information content (AvgIpc) is 3.01. The zero-order valence-electron chi connectivity index (χ0n) is 15.6. The number of para-hydroxylation sites is 2. The molecule has 2 aromatic rings. The molecule has 142 valence electrons. The van der Waals surface area contributed by atoms with Crippen molar-refractivity contribution in [3.63, 3.8) is 0 Å². The van der Waals surface area contributed by atoms with Gasteiger partial charge in [-0.3, -0.25) is 4.57 Å². The maximum atomic E-state index is 12.3. The summed E-state index contributed by atoms with van der Waals surface area (Å²) in [6.45, 7) is 8.52. The molecule has 7 heteroatoms. The number of hydrogen-bond donors (Lipinski definition) is 1. The Hall–Kier alpha value is -2.28. The zero-order chi connectivity index (χ0) is 18.5. The van der Waals surface area contributed by atoms with Gasteiger partial charge in [0, 0.05) is 25.7 Å². The molecule has 1 aromatic heterocycles. The zero-order valence-corrected chi connectivity index (χ0v) is 15.6. The number of nitrogens with one attached hydrogen (secondary N) is 1. The molecule has 0 unspecified atom stereocenters. The van der Waals surface area contributed by atoms with E-state index in [1.165, 1.54) is 0 Å². The fourth-order valence-corrected chi connectivity index (χ4v) is 3.64. The molecule has 1 fully saturated rings. The van der Waals surface area contributed by atoms with Gasteiger partial charge in [-0.25, -0.2) is 9.59 Å². The van der Waals surface area contributed by atoms with Gasteiger partial charge in [-0.2, -0.15) is 0 Å². The summed E-state index contributed by atoms with van der Waals surface area (Å²) in [4.78, 5) is 31.4. The minimum Gasteiger partial charge on any atom is -0.448 e. The number of piperidine rings is 1. The molecule has 0 atom stereocenters. The Kier molecular flexibility index (Phi) is 5.98. The van der Waals surface area contributed by atoms with E-state index in [9.17, 15) is 9.59 Å². The first kappa shape index (κ1) is 18.5. The summed E-state index contributed by atoms with van der Waals surface area (Å²) >= 11 is 0. The van der Waals surface area contributed by atoms with Crippen LogP contribution in [0.2, 0.25) is 0 Å². The molecule has 0 radical (unpaired) electrons. The average molecular weight is 360 g/mol. The van der Waals surface area contributed by atoms with E-state index in [0.29, 0.717) is 19.7 Å². The quantitative estimate of drug-likeness (QED) is 0.859. The van der Waals surface area contributed by atoms with Gasteiger partial charge in [0.05, 0.1) is 11.0 Å². The van der Waals surface area contributed by atoms with Gasteiger partial charge in [0.1, 0.15) is 6.61 Å². The van der Waals surface area contributed by atoms with Gasteiger partial charge in [-0.05, 0) is 38.1 Å². The molecule has 0 spiro atoms. The predicted molar refractivity (Wildman–Crippen MR) is 102 cm³/mol. The molecular weight excluding hydrogens is 332 g/mol. The van der Waals surface area contributed by atoms with E-state index >= 15 is 0 Å². The van der Waals surface area contributed by atoms with Crippen LogP contribution in [0.4, 0.5) is 4.79 Å². The molecule has 1 aliphatic rings. The number of H-pyrrole nitrogens is 1. The topological polar surface area (TPSA) is 70.6 Å². The van der Waals surface area contributed by atoms with Crippen molar-refractivity contribution in [2.24, 2.45) is 0 Å². The van der Waals surface area contributed by atoms with Crippen LogP contribution >= 0.6 is 0 Å². The summed E-state index contributed by atoms with van der Waals surface area (Å²) < 4.78 is 7.24. The molecule has 1 N–H and O–H groups in total. The van der Waals surface area contributed by atoms with Crippen LogP contribution < -0.4 is 5.69 Å². The molecule has 0 saturated carbocycles. The number of aromatic amines is 1. The first-order valence-electron chi connectivity index (χ1n) is 9.47. The van der Waals surface area contributed by atoms with E-state index in [1.807, 2.05) is 28.8 Å². The molecule has 3 rings (SSSR count). The second-order valence-electron chi connectivity index (χ2n) is 6.68. The number of imidazole rings is 1. The normalized spacial score (nSPS) is 15.7. The van der Waals surface area contributed by atoms with Crippen LogP contribution in [0, 0.1) is 0 Å². The number of nitrogens with zero attached hydrogens (tertiary/aromatic N) is 3. The molecular formula is C19H28N4O3. The highest BCUT2D eigenvalue weighted by Crippen LogP contribution is 2.25. The summed E-state index contributed by atoms with van der Waals surface area (Å²) in [7, 11) is 0. The molecule has 1 aromatic carbocycles. The summed E-state index contributed by atoms with van der Waals surface area (Å²) in [6, 6.07) is 7.84. The van der Waals surface area contributed by atoms with Crippen LogP contribution in [-0.2, 0) is 4.74 Å². The second kappa shape index (κ2) is 8.40. The van der Waals surface area contributed by atoms with Crippen molar-refractivity contribution < 1.29 is 9.53 Å². The lowest BCUT2D eigenvalue weighted by Crippen LogP contribution is -2.41. The Morgan fingerprint density at radius 2 is 1.92 bits per heavy atom. The van der Waals surface area contributed by atoms with Crippen LogP contribution in [0.1, 0.15) is 32.7 Å². The molecule has 2 heterocycles. The van der Waals surface area contributed by atoms with Crippen molar-refractivity contribution in [1.82, 2.24) is 19.4 Å². The number of benzene rings is 1. The fourth-order valence-electron chi connectivity index (χ4n) is 3.64. The lowest BCUT2D eigenvalue weighted by atomic mass is 10.0. The number of rotatable bonds is 6. The van der Waals surface area contributed by atoms with Crippen molar-refractivity contribution in [3.8, 4) is 0 Å². The van der Waals surface area contributed by atoms with Crippen LogP contribution in [-0.4, -0.2) is 64.8 Å². The summed E-state index contributed by atoms with van der Waals surface area (Å²) in [5.41, 5.74) is 1.71. The Morgan fingerprint density at radius 1 is 1.23 bits per heavy atom. The Balaban J connectivity index is 1.55. The minimum atomic E-state index is -0.248. The summed E-state index contributed by atoms with van der Waals surface area (Å²) in [6.07, 6.45) is 1.27. The summed E-state index contributed by atoms with van der Waals surface area (Å²) in [5, 5.41) is 0. The van der Waals surface area contributed by atoms with Crippen LogP contribution in [0.15, 0.2) is 29.1 Å². The number of carbonyl (C=O) groups is 1. The molecule has 7 nitrogen and oxygen atoms in total. The standard InChI is InChI=1S/C19H28N4O3/c1-3-21(4-2)13-14-26-19(25)22-11-9-15(10-12-22)23-17-8-6-5-7-16(17)20-18(23)24/h5-8,15H,3-4,9-14H2,1-2H3,(H,20,24). The third kappa shape index (κ3) is 3.93. The Bertz CT molecular complexity index is 785. The number of likely N-dealkylation sites (N-methyl/N-ethyl adjacent to an activating group) is 1. The van der Waals surface area contributed by atoms with Crippen molar-refractivity contribution in [2.75, 3.05) is 39.3 Å². The molecule has 1 amide bonds. The number of likely N-dealkylation sites (tertiary alicyclic amines) is 1. The molecule has 1 saturated heterocycles. The Labute approximate surface area is 153 Å². The van der Waals surface area contributed by atoms with Crippen molar-refractivity contribution in [3.05, 3.63) is 34.7 Å². The fraction of sp³-hybridized carbons (Fsp3) is 0.579. The smallest absolute Gasteiger partial charge is 0.409 e.